The molecule has 0 aliphatic rings. The molecule has 0 aromatic heterocycles. The van der Waals surface area contributed by atoms with E-state index in [1.807, 2.05) is 13.8 Å². The highest BCUT2D eigenvalue weighted by Gasteiger charge is 2.23. The molecule has 0 radical (unpaired) electrons. The molecule has 4 heteroatoms. The van der Waals surface area contributed by atoms with Crippen LogP contribution >= 0.6 is 0 Å². The fourth-order valence-electron chi connectivity index (χ4n) is 0.709. The van der Waals surface area contributed by atoms with Gasteiger partial charge in [0.15, 0.2) is 6.10 Å². The Morgan fingerprint density at radius 1 is 1.55 bits per heavy atom. The third-order valence-electron chi connectivity index (χ3n) is 1.27. The molecule has 0 saturated heterocycles. The highest BCUT2D eigenvalue weighted by Crippen LogP contribution is 2.05. The summed E-state index contributed by atoms with van der Waals surface area (Å²) in [5.74, 6) is 4.55. The van der Waals surface area contributed by atoms with Crippen molar-refractivity contribution in [3.63, 3.8) is 0 Å². The standard InChI is InChI=1S/C7H15NO3/c1-4-10-7(9)6(11-8)5(2)3/h5-6H,4,8H2,1-3H3. The Kier molecular flexibility index (Phi) is 4.81. The molecule has 0 amide bonds. The molecular weight excluding hydrogens is 146 g/mol. The van der Waals surface area contributed by atoms with Crippen LogP contribution in [0.2, 0.25) is 0 Å². The second kappa shape index (κ2) is 5.09. The molecule has 0 spiro atoms. The Morgan fingerprint density at radius 2 is 2.09 bits per heavy atom. The molecule has 0 rings (SSSR count). The van der Waals surface area contributed by atoms with Crippen molar-refractivity contribution in [1.82, 2.24) is 0 Å². The molecule has 0 saturated carbocycles. The lowest BCUT2D eigenvalue weighted by atomic mass is 10.1. The van der Waals surface area contributed by atoms with E-state index >= 15 is 0 Å². The predicted octanol–water partition coefficient (Wildman–Crippen LogP) is 0.464. The van der Waals surface area contributed by atoms with Gasteiger partial charge in [0.1, 0.15) is 0 Å². The topological polar surface area (TPSA) is 61.5 Å². The zero-order valence-corrected chi connectivity index (χ0v) is 7.16. The van der Waals surface area contributed by atoms with Gasteiger partial charge in [-0.05, 0) is 12.8 Å². The molecule has 11 heavy (non-hydrogen) atoms. The van der Waals surface area contributed by atoms with Crippen LogP contribution in [0.3, 0.4) is 0 Å². The number of hydrogen-bond donors (Lipinski definition) is 1. The van der Waals surface area contributed by atoms with E-state index in [4.69, 9.17) is 10.6 Å². The number of carbonyl (C=O) groups excluding carboxylic acids is 1. The monoisotopic (exact) mass is 161 g/mol. The average Bonchev–Trinajstić information content (AvgIpc) is 1.88. The molecule has 0 heterocycles. The van der Waals surface area contributed by atoms with Gasteiger partial charge >= 0.3 is 5.97 Å². The van der Waals surface area contributed by atoms with Gasteiger partial charge in [0.25, 0.3) is 0 Å². The largest absolute Gasteiger partial charge is 0.464 e. The Hall–Kier alpha value is -0.610. The number of carbonyl (C=O) groups is 1. The fraction of sp³-hybridized carbons (Fsp3) is 0.857. The molecule has 2 N–H and O–H groups in total. The predicted molar refractivity (Wildman–Crippen MR) is 40.5 cm³/mol. The van der Waals surface area contributed by atoms with Gasteiger partial charge in [0, 0.05) is 0 Å². The van der Waals surface area contributed by atoms with Crippen molar-refractivity contribution < 1.29 is 14.4 Å². The SMILES string of the molecule is CCOC(=O)C(ON)C(C)C. The maximum Gasteiger partial charge on any atom is 0.337 e. The summed E-state index contributed by atoms with van der Waals surface area (Å²) in [7, 11) is 0. The van der Waals surface area contributed by atoms with Crippen LogP contribution in [-0.2, 0) is 14.4 Å². The minimum Gasteiger partial charge on any atom is -0.464 e. The van der Waals surface area contributed by atoms with Crippen molar-refractivity contribution in [1.29, 1.82) is 0 Å². The summed E-state index contributed by atoms with van der Waals surface area (Å²) in [6.45, 7) is 5.78. The van der Waals surface area contributed by atoms with Crippen LogP contribution in [0.5, 0.6) is 0 Å². The van der Waals surface area contributed by atoms with Gasteiger partial charge in [0.2, 0.25) is 0 Å². The summed E-state index contributed by atoms with van der Waals surface area (Å²) in [6.07, 6.45) is -0.644. The summed E-state index contributed by atoms with van der Waals surface area (Å²) < 4.78 is 4.71. The molecule has 0 fully saturated rings. The Bertz CT molecular complexity index is 125. The van der Waals surface area contributed by atoms with E-state index in [2.05, 4.69) is 4.84 Å². The molecule has 1 atom stereocenters. The van der Waals surface area contributed by atoms with Crippen molar-refractivity contribution in [2.24, 2.45) is 11.8 Å². The van der Waals surface area contributed by atoms with E-state index in [-0.39, 0.29) is 5.92 Å². The Morgan fingerprint density at radius 3 is 2.36 bits per heavy atom. The fourth-order valence-corrected chi connectivity index (χ4v) is 0.709. The summed E-state index contributed by atoms with van der Waals surface area (Å²) in [4.78, 5) is 15.4. The van der Waals surface area contributed by atoms with E-state index in [1.54, 1.807) is 6.92 Å². The number of ether oxygens (including phenoxy) is 1. The van der Waals surface area contributed by atoms with Gasteiger partial charge in [-0.1, -0.05) is 13.8 Å². The molecule has 0 aromatic carbocycles. The van der Waals surface area contributed by atoms with Crippen LogP contribution < -0.4 is 5.90 Å². The smallest absolute Gasteiger partial charge is 0.337 e. The zero-order chi connectivity index (χ0) is 8.85. The molecule has 0 aliphatic carbocycles. The molecule has 66 valence electrons. The van der Waals surface area contributed by atoms with Crippen LogP contribution in [0.1, 0.15) is 20.8 Å². The Labute approximate surface area is 66.6 Å². The van der Waals surface area contributed by atoms with Crippen LogP contribution in [-0.4, -0.2) is 18.7 Å². The van der Waals surface area contributed by atoms with E-state index in [9.17, 15) is 4.79 Å². The van der Waals surface area contributed by atoms with Crippen molar-refractivity contribution in [2.75, 3.05) is 6.61 Å². The number of rotatable bonds is 4. The molecular formula is C7H15NO3. The lowest BCUT2D eigenvalue weighted by Gasteiger charge is -2.15. The first-order chi connectivity index (χ1) is 5.13. The number of esters is 1. The van der Waals surface area contributed by atoms with Crippen molar-refractivity contribution in [3.05, 3.63) is 0 Å². The van der Waals surface area contributed by atoms with Crippen LogP contribution in [0.15, 0.2) is 0 Å². The lowest BCUT2D eigenvalue weighted by molar-refractivity contribution is -0.160. The molecule has 4 nitrogen and oxygen atoms in total. The quantitative estimate of drug-likeness (QED) is 0.480. The van der Waals surface area contributed by atoms with Gasteiger partial charge in [-0.15, -0.1) is 0 Å². The summed E-state index contributed by atoms with van der Waals surface area (Å²) in [6, 6.07) is 0. The molecule has 0 aromatic rings. The summed E-state index contributed by atoms with van der Waals surface area (Å²) in [5.41, 5.74) is 0. The van der Waals surface area contributed by atoms with Crippen LogP contribution in [0.4, 0.5) is 0 Å². The third kappa shape index (κ3) is 3.34. The van der Waals surface area contributed by atoms with Crippen LogP contribution in [0.25, 0.3) is 0 Å². The van der Waals surface area contributed by atoms with E-state index in [0.29, 0.717) is 6.61 Å². The number of nitrogens with two attached hydrogens (primary N) is 1. The second-order valence-corrected chi connectivity index (χ2v) is 2.55. The summed E-state index contributed by atoms with van der Waals surface area (Å²) >= 11 is 0. The van der Waals surface area contributed by atoms with Crippen LogP contribution in [0, 0.1) is 5.92 Å². The minimum atomic E-state index is -0.644. The van der Waals surface area contributed by atoms with Crippen molar-refractivity contribution >= 4 is 5.97 Å². The zero-order valence-electron chi connectivity index (χ0n) is 7.16. The highest BCUT2D eigenvalue weighted by molar-refractivity contribution is 5.74. The normalized spacial score (nSPS) is 13.2. The maximum atomic E-state index is 11.0. The van der Waals surface area contributed by atoms with E-state index in [0.717, 1.165) is 0 Å². The number of hydrogen-bond acceptors (Lipinski definition) is 4. The second-order valence-electron chi connectivity index (χ2n) is 2.55. The van der Waals surface area contributed by atoms with Gasteiger partial charge < -0.3 is 4.74 Å². The van der Waals surface area contributed by atoms with E-state index < -0.39 is 12.1 Å². The van der Waals surface area contributed by atoms with Crippen molar-refractivity contribution in [3.8, 4) is 0 Å². The maximum absolute atomic E-state index is 11.0. The molecule has 1 unspecified atom stereocenters. The first-order valence-corrected chi connectivity index (χ1v) is 3.65. The minimum absolute atomic E-state index is 0.0408. The van der Waals surface area contributed by atoms with Gasteiger partial charge in [0.05, 0.1) is 6.61 Å². The van der Waals surface area contributed by atoms with Gasteiger partial charge in [-0.2, -0.15) is 0 Å². The first-order valence-electron chi connectivity index (χ1n) is 3.65. The molecule has 0 aliphatic heterocycles. The summed E-state index contributed by atoms with van der Waals surface area (Å²) in [5, 5.41) is 0. The third-order valence-corrected chi connectivity index (χ3v) is 1.27. The van der Waals surface area contributed by atoms with Gasteiger partial charge in [-0.25, -0.2) is 10.7 Å². The van der Waals surface area contributed by atoms with E-state index in [1.165, 1.54) is 0 Å². The van der Waals surface area contributed by atoms with Gasteiger partial charge in [-0.3, -0.25) is 4.84 Å². The average molecular weight is 161 g/mol. The molecule has 0 bridgehead atoms. The lowest BCUT2D eigenvalue weighted by Crippen LogP contribution is -2.33. The van der Waals surface area contributed by atoms with Crippen molar-refractivity contribution in [2.45, 2.75) is 26.9 Å². The highest BCUT2D eigenvalue weighted by atomic mass is 16.6. The first kappa shape index (κ1) is 10.4. The Balaban J connectivity index is 3.92.